The molecule has 0 bridgehead atoms. The third-order valence-corrected chi connectivity index (χ3v) is 4.09. The van der Waals surface area contributed by atoms with E-state index >= 15 is 0 Å². The zero-order chi connectivity index (χ0) is 15.2. The third-order valence-electron chi connectivity index (χ3n) is 4.09. The monoisotopic (exact) mass is 291 g/mol. The Morgan fingerprint density at radius 3 is 2.32 bits per heavy atom. The first kappa shape index (κ1) is 14.7. The summed E-state index contributed by atoms with van der Waals surface area (Å²) in [5.41, 5.74) is 2.04. The molecule has 1 aliphatic heterocycles. The van der Waals surface area contributed by atoms with Crippen LogP contribution >= 0.6 is 0 Å². The fourth-order valence-corrected chi connectivity index (χ4v) is 2.68. The van der Waals surface area contributed by atoms with Crippen LogP contribution in [0.4, 0.5) is 0 Å². The fraction of sp³-hybridized carbons (Fsp3) is 0.300. The van der Waals surface area contributed by atoms with E-state index in [1.165, 1.54) is 19.4 Å². The maximum atomic E-state index is 5.89. The summed E-state index contributed by atoms with van der Waals surface area (Å²) < 4.78 is 5.89. The van der Waals surface area contributed by atoms with E-state index < -0.39 is 0 Å². The molecular formula is C20H21NO. The van der Waals surface area contributed by atoms with E-state index in [0.29, 0.717) is 6.04 Å². The van der Waals surface area contributed by atoms with Gasteiger partial charge in [0.05, 0.1) is 0 Å². The molecule has 0 N–H and O–H groups in total. The lowest BCUT2D eigenvalue weighted by molar-refractivity contribution is 0.198. The van der Waals surface area contributed by atoms with Crippen molar-refractivity contribution in [1.29, 1.82) is 0 Å². The second kappa shape index (κ2) is 7.15. The minimum absolute atomic E-state index is 0.553. The van der Waals surface area contributed by atoms with Crippen LogP contribution < -0.4 is 4.74 Å². The van der Waals surface area contributed by atoms with Gasteiger partial charge in [-0.25, -0.2) is 0 Å². The van der Waals surface area contributed by atoms with Gasteiger partial charge in [-0.2, -0.15) is 0 Å². The molecule has 22 heavy (non-hydrogen) atoms. The van der Waals surface area contributed by atoms with Gasteiger partial charge in [0.15, 0.2) is 0 Å². The first-order valence-electron chi connectivity index (χ1n) is 7.81. The molecule has 1 atom stereocenters. The largest absolute Gasteiger partial charge is 0.492 e. The predicted molar refractivity (Wildman–Crippen MR) is 90.0 cm³/mol. The molecule has 0 radical (unpaired) electrons. The SMILES string of the molecule is CN1CCC[C@H]1COc1ccc(C#Cc2ccccc2)cc1. The number of likely N-dealkylation sites (tertiary alicyclic amines) is 1. The van der Waals surface area contributed by atoms with E-state index in [1.807, 2.05) is 54.6 Å². The molecule has 2 aromatic rings. The first-order chi connectivity index (χ1) is 10.8. The van der Waals surface area contributed by atoms with Crippen molar-refractivity contribution < 1.29 is 4.74 Å². The van der Waals surface area contributed by atoms with Crippen molar-refractivity contribution in [2.75, 3.05) is 20.2 Å². The van der Waals surface area contributed by atoms with E-state index in [0.717, 1.165) is 23.5 Å². The molecule has 3 rings (SSSR count). The van der Waals surface area contributed by atoms with Gasteiger partial charge < -0.3 is 9.64 Å². The minimum Gasteiger partial charge on any atom is -0.492 e. The first-order valence-corrected chi connectivity index (χ1v) is 7.81. The highest BCUT2D eigenvalue weighted by Crippen LogP contribution is 2.17. The van der Waals surface area contributed by atoms with Gasteiger partial charge in [-0.3, -0.25) is 0 Å². The van der Waals surface area contributed by atoms with Crippen molar-refractivity contribution in [1.82, 2.24) is 4.90 Å². The number of hydrogen-bond acceptors (Lipinski definition) is 2. The Hall–Kier alpha value is -2.24. The average Bonchev–Trinajstić information content (AvgIpc) is 2.98. The van der Waals surface area contributed by atoms with Crippen molar-refractivity contribution in [3.8, 4) is 17.6 Å². The van der Waals surface area contributed by atoms with Crippen LogP contribution in [-0.2, 0) is 0 Å². The quantitative estimate of drug-likeness (QED) is 0.802. The molecule has 0 saturated carbocycles. The number of rotatable bonds is 3. The molecule has 1 fully saturated rings. The Morgan fingerprint density at radius 1 is 1.00 bits per heavy atom. The maximum Gasteiger partial charge on any atom is 0.119 e. The zero-order valence-corrected chi connectivity index (χ0v) is 13.0. The molecule has 0 spiro atoms. The molecule has 1 saturated heterocycles. The summed E-state index contributed by atoms with van der Waals surface area (Å²) in [4.78, 5) is 2.37. The lowest BCUT2D eigenvalue weighted by Crippen LogP contribution is -2.30. The van der Waals surface area contributed by atoms with Crippen LogP contribution in [0.2, 0.25) is 0 Å². The van der Waals surface area contributed by atoms with E-state index in [2.05, 4.69) is 23.8 Å². The Bertz CT molecular complexity index is 652. The van der Waals surface area contributed by atoms with Crippen molar-refractivity contribution >= 4 is 0 Å². The predicted octanol–water partition coefficient (Wildman–Crippen LogP) is 3.56. The second-order valence-electron chi connectivity index (χ2n) is 5.73. The summed E-state index contributed by atoms with van der Waals surface area (Å²) in [5, 5.41) is 0. The standard InChI is InChI=1S/C20H21NO/c1-21-15-5-8-19(21)16-22-20-13-11-18(12-14-20)10-9-17-6-3-2-4-7-17/h2-4,6-7,11-14,19H,5,8,15-16H2,1H3/t19-/m0/s1. The minimum atomic E-state index is 0.553. The van der Waals surface area contributed by atoms with Crippen molar-refractivity contribution in [2.45, 2.75) is 18.9 Å². The van der Waals surface area contributed by atoms with Crippen LogP contribution in [0.5, 0.6) is 5.75 Å². The molecule has 1 aliphatic rings. The van der Waals surface area contributed by atoms with Gasteiger partial charge in [0, 0.05) is 17.2 Å². The summed E-state index contributed by atoms with van der Waals surface area (Å²) in [7, 11) is 2.17. The summed E-state index contributed by atoms with van der Waals surface area (Å²) in [5.74, 6) is 7.27. The van der Waals surface area contributed by atoms with E-state index in [-0.39, 0.29) is 0 Å². The van der Waals surface area contributed by atoms with Crippen LogP contribution in [0.3, 0.4) is 0 Å². The van der Waals surface area contributed by atoms with Crippen molar-refractivity contribution in [2.24, 2.45) is 0 Å². The third kappa shape index (κ3) is 3.90. The normalized spacial score (nSPS) is 17.8. The molecule has 112 valence electrons. The Balaban J connectivity index is 1.57. The van der Waals surface area contributed by atoms with Crippen LogP contribution in [0.15, 0.2) is 54.6 Å². The molecule has 0 amide bonds. The summed E-state index contributed by atoms with van der Waals surface area (Å²) in [6.07, 6.45) is 2.51. The van der Waals surface area contributed by atoms with E-state index in [1.54, 1.807) is 0 Å². The van der Waals surface area contributed by atoms with Gasteiger partial charge >= 0.3 is 0 Å². The molecule has 2 heteroatoms. The van der Waals surface area contributed by atoms with Crippen molar-refractivity contribution in [3.05, 3.63) is 65.7 Å². The van der Waals surface area contributed by atoms with Gasteiger partial charge in [-0.1, -0.05) is 30.0 Å². The molecule has 2 aromatic carbocycles. The molecular weight excluding hydrogens is 270 g/mol. The lowest BCUT2D eigenvalue weighted by Gasteiger charge is -2.19. The van der Waals surface area contributed by atoms with Crippen LogP contribution in [0.1, 0.15) is 24.0 Å². The zero-order valence-electron chi connectivity index (χ0n) is 13.0. The van der Waals surface area contributed by atoms with Gasteiger partial charge in [0.2, 0.25) is 0 Å². The smallest absolute Gasteiger partial charge is 0.119 e. The highest BCUT2D eigenvalue weighted by molar-refractivity contribution is 5.44. The summed E-state index contributed by atoms with van der Waals surface area (Å²) in [6.45, 7) is 1.95. The van der Waals surface area contributed by atoms with Gasteiger partial charge in [0.25, 0.3) is 0 Å². The average molecular weight is 291 g/mol. The summed E-state index contributed by atoms with van der Waals surface area (Å²) in [6, 6.07) is 18.6. The Morgan fingerprint density at radius 2 is 1.68 bits per heavy atom. The Kier molecular flexibility index (Phi) is 4.78. The maximum absolute atomic E-state index is 5.89. The molecule has 2 nitrogen and oxygen atoms in total. The fourth-order valence-electron chi connectivity index (χ4n) is 2.68. The number of hydrogen-bond donors (Lipinski definition) is 0. The Labute approximate surface area is 132 Å². The topological polar surface area (TPSA) is 12.5 Å². The summed E-state index contributed by atoms with van der Waals surface area (Å²) >= 11 is 0. The van der Waals surface area contributed by atoms with Crippen LogP contribution in [0.25, 0.3) is 0 Å². The van der Waals surface area contributed by atoms with Crippen molar-refractivity contribution in [3.63, 3.8) is 0 Å². The molecule has 0 aromatic heterocycles. The highest BCUT2D eigenvalue weighted by atomic mass is 16.5. The molecule has 0 unspecified atom stereocenters. The molecule has 0 aliphatic carbocycles. The van der Waals surface area contributed by atoms with Gasteiger partial charge in [-0.05, 0) is 62.8 Å². The van der Waals surface area contributed by atoms with Gasteiger partial charge in [-0.15, -0.1) is 0 Å². The number of ether oxygens (including phenoxy) is 1. The second-order valence-corrected chi connectivity index (χ2v) is 5.73. The van der Waals surface area contributed by atoms with Gasteiger partial charge in [0.1, 0.15) is 12.4 Å². The number of benzene rings is 2. The number of likely N-dealkylation sites (N-methyl/N-ethyl adjacent to an activating group) is 1. The molecule has 1 heterocycles. The van der Waals surface area contributed by atoms with Crippen LogP contribution in [-0.4, -0.2) is 31.1 Å². The van der Waals surface area contributed by atoms with E-state index in [9.17, 15) is 0 Å². The highest BCUT2D eigenvalue weighted by Gasteiger charge is 2.21. The van der Waals surface area contributed by atoms with E-state index in [4.69, 9.17) is 4.74 Å². The van der Waals surface area contributed by atoms with Crippen LogP contribution in [0, 0.1) is 11.8 Å². The number of nitrogens with zero attached hydrogens (tertiary/aromatic N) is 1. The lowest BCUT2D eigenvalue weighted by atomic mass is 10.2.